The van der Waals surface area contributed by atoms with Crippen molar-refractivity contribution in [3.8, 4) is 67.5 Å². The van der Waals surface area contributed by atoms with Crippen molar-refractivity contribution in [3.63, 3.8) is 0 Å². The van der Waals surface area contributed by atoms with E-state index in [0.717, 1.165) is 106 Å². The van der Waals surface area contributed by atoms with Gasteiger partial charge < -0.3 is 40.5 Å². The Kier molecular flexibility index (Phi) is 17.4. The molecule has 0 aliphatic heterocycles. The minimum atomic E-state index is -0.269. The van der Waals surface area contributed by atoms with Gasteiger partial charge in [0, 0.05) is 123 Å². The van der Waals surface area contributed by atoms with Gasteiger partial charge in [0.25, 0.3) is 0 Å². The largest absolute Gasteiger partial charge is 0.420 e. The summed E-state index contributed by atoms with van der Waals surface area (Å²) in [6.07, 6.45) is 25.2. The highest BCUT2D eigenvalue weighted by atomic mass is 16.5. The lowest BCUT2D eigenvalue weighted by Crippen LogP contribution is -2.35. The Balaban J connectivity index is 0.000000131. The first kappa shape index (κ1) is 63.2. The molecule has 3 saturated carbocycles. The number of rotatable bonds is 18. The third-order valence-electron chi connectivity index (χ3n) is 18.8. The Hall–Kier alpha value is -11.6. The molecule has 15 rings (SSSR count). The molecule has 3 aliphatic rings. The van der Waals surface area contributed by atoms with Crippen molar-refractivity contribution in [1.82, 2.24) is 79.8 Å². The van der Waals surface area contributed by atoms with Gasteiger partial charge in [0.05, 0.1) is 40.3 Å². The van der Waals surface area contributed by atoms with E-state index in [1.54, 1.807) is 96.9 Å². The van der Waals surface area contributed by atoms with Gasteiger partial charge in [-0.05, 0) is 110 Å². The fourth-order valence-electron chi connectivity index (χ4n) is 12.3. The molecule has 24 nitrogen and oxygen atoms in total. The van der Waals surface area contributed by atoms with Crippen LogP contribution in [0.3, 0.4) is 0 Å². The summed E-state index contributed by atoms with van der Waals surface area (Å²) in [7, 11) is 6.91. The van der Waals surface area contributed by atoms with Gasteiger partial charge in [0.2, 0.25) is 41.4 Å². The molecule has 3 fully saturated rings. The molecule has 12 aromatic rings. The van der Waals surface area contributed by atoms with Crippen molar-refractivity contribution in [2.75, 3.05) is 45.4 Å². The predicted octanol–water partition coefficient (Wildman–Crippen LogP) is 11.0. The fraction of sp³-hybridized carbons (Fsp3) is 0.278. The molecule has 6 N–H and O–H groups in total. The van der Waals surface area contributed by atoms with Crippen LogP contribution in [0, 0.1) is 11.8 Å². The van der Waals surface area contributed by atoms with Crippen LogP contribution in [0.2, 0.25) is 0 Å². The molecule has 4 aromatic carbocycles. The molecular formula is C72H73N19O5. The molecule has 486 valence electrons. The summed E-state index contributed by atoms with van der Waals surface area (Å²) in [5, 5.41) is 26.2. The van der Waals surface area contributed by atoms with E-state index in [0.29, 0.717) is 35.1 Å². The Bertz CT molecular complexity index is 4420. The highest BCUT2D eigenvalue weighted by Crippen LogP contribution is 2.53. The number of carbonyl (C=O) groups is 2. The average Bonchev–Trinajstić information content (AvgIpc) is 1.12. The van der Waals surface area contributed by atoms with Crippen LogP contribution in [-0.2, 0) is 38.9 Å². The van der Waals surface area contributed by atoms with Crippen LogP contribution < -0.4 is 17.2 Å². The Morgan fingerprint density at radius 3 is 1.26 bits per heavy atom. The maximum absolute atomic E-state index is 12.0. The quantitative estimate of drug-likeness (QED) is 0.0718. The molecule has 0 saturated heterocycles. The summed E-state index contributed by atoms with van der Waals surface area (Å²) in [5.74, 6) is 4.29. The molecule has 2 atom stereocenters. The van der Waals surface area contributed by atoms with E-state index < -0.39 is 0 Å². The van der Waals surface area contributed by atoms with Gasteiger partial charge in [-0.2, -0.15) is 10.2 Å². The first-order valence-electron chi connectivity index (χ1n) is 31.8. The summed E-state index contributed by atoms with van der Waals surface area (Å²) in [6, 6.07) is 39.2. The van der Waals surface area contributed by atoms with Gasteiger partial charge >= 0.3 is 0 Å². The van der Waals surface area contributed by atoms with Crippen LogP contribution >= 0.6 is 0 Å². The van der Waals surface area contributed by atoms with Crippen LogP contribution in [0.5, 0.6) is 0 Å². The van der Waals surface area contributed by atoms with Crippen molar-refractivity contribution < 1.29 is 23.1 Å². The van der Waals surface area contributed by atoms with E-state index in [4.69, 9.17) is 30.7 Å². The molecule has 0 spiro atoms. The molecule has 24 heteroatoms. The van der Waals surface area contributed by atoms with E-state index in [2.05, 4.69) is 147 Å². The van der Waals surface area contributed by atoms with Crippen molar-refractivity contribution in [2.24, 2.45) is 11.8 Å². The van der Waals surface area contributed by atoms with Crippen LogP contribution in [0.4, 0.5) is 17.8 Å². The zero-order valence-electron chi connectivity index (χ0n) is 54.2. The van der Waals surface area contributed by atoms with Gasteiger partial charge in [-0.3, -0.25) is 19.0 Å². The SMILES string of the molecule is CN(C)C(=O)Cn1cc(-c2cc([C@@](C)(c3ccc(-c4cnc(N)nc4)cc3)C3CC3)no2)cn1.CN(C)C(=O)Cn1cc(-c2cc([C@](C)(c3ccc(-c4cnc(N)nc4)cc3)C3CC3)no2)cn1.Nc1ncc(-c2ccc(C3(c4nnc(-c5ccccc5)o4)CCC3)cc2)cn1. The number of benzene rings is 4. The monoisotopic (exact) mass is 1280 g/mol. The molecule has 96 heavy (non-hydrogen) atoms. The van der Waals surface area contributed by atoms with Crippen molar-refractivity contribution in [1.29, 1.82) is 0 Å². The molecular weight excluding hydrogens is 1210 g/mol. The molecule has 0 bridgehead atoms. The molecule has 8 heterocycles. The highest BCUT2D eigenvalue weighted by Gasteiger charge is 2.48. The van der Waals surface area contributed by atoms with Crippen molar-refractivity contribution in [2.45, 2.75) is 88.1 Å². The predicted molar refractivity (Wildman–Crippen MR) is 361 cm³/mol. The lowest BCUT2D eigenvalue weighted by molar-refractivity contribution is -0.130. The number of nitrogens with two attached hydrogens (primary N) is 3. The van der Waals surface area contributed by atoms with Crippen LogP contribution in [0.1, 0.15) is 92.8 Å². The average molecular weight is 1280 g/mol. The first-order valence-corrected chi connectivity index (χ1v) is 31.8. The Labute approximate surface area is 554 Å². The van der Waals surface area contributed by atoms with Crippen molar-refractivity contribution in [3.05, 3.63) is 211 Å². The number of nitrogens with zero attached hydrogens (tertiary/aromatic N) is 16. The summed E-state index contributed by atoms with van der Waals surface area (Å²) < 4.78 is 20.8. The number of anilines is 3. The van der Waals surface area contributed by atoms with E-state index in [9.17, 15) is 9.59 Å². The van der Waals surface area contributed by atoms with Crippen molar-refractivity contribution >= 4 is 29.7 Å². The van der Waals surface area contributed by atoms with Crippen LogP contribution in [-0.4, -0.2) is 120 Å². The second-order valence-corrected chi connectivity index (χ2v) is 25.5. The van der Waals surface area contributed by atoms with Gasteiger partial charge in [-0.1, -0.05) is 108 Å². The smallest absolute Gasteiger partial charge is 0.247 e. The van der Waals surface area contributed by atoms with E-state index in [1.807, 2.05) is 54.9 Å². The summed E-state index contributed by atoms with van der Waals surface area (Å²) in [6.45, 7) is 4.82. The molecule has 0 unspecified atom stereocenters. The zero-order chi connectivity index (χ0) is 66.7. The highest BCUT2D eigenvalue weighted by molar-refractivity contribution is 5.76. The maximum atomic E-state index is 12.0. The second-order valence-electron chi connectivity index (χ2n) is 25.5. The standard InChI is InChI=1S/2C25H27N7O2.C22H19N5O/c2*1-25(20-8-9-20,19-6-4-16(5-7-19)17-11-27-24(26)28-12-17)22-10-21(34-30-22)18-13-29-32(14-18)15-23(33)31(2)3;23-21-24-13-17(14-25-21)15-7-9-18(10-8-15)22(11-4-12-22)20-27-26-19(28-20)16-5-2-1-3-6-16/h2*4-7,10-14,20H,8-9,15H2,1-3H3,(H2,26,27,28);1-3,5-10,13-14H,4,11-12H2,(H2,23,24,25)/t2*25-;/m10./s1. The molecule has 2 amide bonds. The zero-order valence-corrected chi connectivity index (χ0v) is 54.2. The number of aromatic nitrogens is 14. The lowest BCUT2D eigenvalue weighted by atomic mass is 9.64. The van der Waals surface area contributed by atoms with E-state index >= 15 is 0 Å². The number of carbonyl (C=O) groups excluding carboxylic acids is 2. The van der Waals surface area contributed by atoms with E-state index in [1.165, 1.54) is 16.7 Å². The van der Waals surface area contributed by atoms with Crippen LogP contribution in [0.25, 0.3) is 67.5 Å². The Morgan fingerprint density at radius 2 is 0.896 bits per heavy atom. The number of likely N-dealkylation sites (N-methyl/N-ethyl adjacent to an activating group) is 2. The Morgan fingerprint density at radius 1 is 0.500 bits per heavy atom. The number of amides is 2. The lowest BCUT2D eigenvalue weighted by Gasteiger charge is -2.39. The van der Waals surface area contributed by atoms with Gasteiger partial charge in [0.1, 0.15) is 13.1 Å². The minimum Gasteiger partial charge on any atom is -0.420 e. The number of hydrogen-bond donors (Lipinski definition) is 3. The third-order valence-corrected chi connectivity index (χ3v) is 18.8. The first-order chi connectivity index (χ1) is 46.4. The molecule has 8 aromatic heterocycles. The number of hydrogen-bond acceptors (Lipinski definition) is 20. The summed E-state index contributed by atoms with van der Waals surface area (Å²) in [5.41, 5.74) is 29.8. The maximum Gasteiger partial charge on any atom is 0.247 e. The molecule has 3 aliphatic carbocycles. The normalized spacial score (nSPS) is 15.1. The number of nitrogen functional groups attached to an aromatic ring is 3. The third kappa shape index (κ3) is 13.2. The van der Waals surface area contributed by atoms with Crippen LogP contribution in [0.15, 0.2) is 191 Å². The summed E-state index contributed by atoms with van der Waals surface area (Å²) >= 11 is 0. The second kappa shape index (κ2) is 26.4. The fourth-order valence-corrected chi connectivity index (χ4v) is 12.3. The van der Waals surface area contributed by atoms with Gasteiger partial charge in [-0.15, -0.1) is 10.2 Å². The summed E-state index contributed by atoms with van der Waals surface area (Å²) in [4.78, 5) is 51.5. The minimum absolute atomic E-state index is 0.0248. The topological polar surface area (TPSA) is 323 Å². The van der Waals surface area contributed by atoms with Gasteiger partial charge in [-0.25, -0.2) is 29.9 Å². The molecule has 0 radical (unpaired) electrons. The van der Waals surface area contributed by atoms with Gasteiger partial charge in [0.15, 0.2) is 11.5 Å². The van der Waals surface area contributed by atoms with E-state index in [-0.39, 0.29) is 59.0 Å².